The van der Waals surface area contributed by atoms with Gasteiger partial charge in [0, 0.05) is 20.2 Å². The first kappa shape index (κ1) is 15.0. The maximum atomic E-state index is 12.6. The summed E-state index contributed by atoms with van der Waals surface area (Å²) in [4.78, 5) is 25.7. The minimum Gasteiger partial charge on any atom is -0.481 e. The fraction of sp³-hybridized carbons (Fsp3) is 0.733. The van der Waals surface area contributed by atoms with Gasteiger partial charge in [-0.25, -0.2) is 0 Å². The van der Waals surface area contributed by atoms with Gasteiger partial charge in [-0.3, -0.25) is 9.59 Å². The van der Waals surface area contributed by atoms with E-state index in [0.717, 1.165) is 6.42 Å². The lowest BCUT2D eigenvalue weighted by atomic mass is 9.81. The van der Waals surface area contributed by atoms with Gasteiger partial charge in [0.2, 0.25) is 5.91 Å². The molecule has 0 radical (unpaired) electrons. The van der Waals surface area contributed by atoms with E-state index in [1.165, 1.54) is 0 Å². The molecule has 0 spiro atoms. The summed E-state index contributed by atoms with van der Waals surface area (Å²) in [7, 11) is 1.67. The van der Waals surface area contributed by atoms with E-state index in [2.05, 4.69) is 6.92 Å². The second kappa shape index (κ2) is 6.39. The number of ether oxygens (including phenoxy) is 1. The topological polar surface area (TPSA) is 66.8 Å². The maximum Gasteiger partial charge on any atom is 0.307 e. The SMILES string of the molecule is COC1CN(C(=O)[C@@H]2CC=CC[C@@H]2C(=O)O)CCC1C. The van der Waals surface area contributed by atoms with Gasteiger partial charge in [0.1, 0.15) is 0 Å². The Hall–Kier alpha value is -1.36. The number of hydrogen-bond donors (Lipinski definition) is 1. The molecule has 2 rings (SSSR count). The number of likely N-dealkylation sites (tertiary alicyclic amines) is 1. The second-order valence-corrected chi connectivity index (χ2v) is 5.82. The van der Waals surface area contributed by atoms with Crippen molar-refractivity contribution in [2.75, 3.05) is 20.2 Å². The van der Waals surface area contributed by atoms with E-state index in [9.17, 15) is 14.7 Å². The van der Waals surface area contributed by atoms with Crippen LogP contribution in [-0.2, 0) is 14.3 Å². The first-order chi connectivity index (χ1) is 9.54. The molecule has 1 N–H and O–H groups in total. The molecule has 1 aliphatic carbocycles. The first-order valence-corrected chi connectivity index (χ1v) is 7.24. The highest BCUT2D eigenvalue weighted by Crippen LogP contribution is 2.29. The Morgan fingerprint density at radius 3 is 2.50 bits per heavy atom. The average molecular weight is 281 g/mol. The van der Waals surface area contributed by atoms with Crippen molar-refractivity contribution in [3.05, 3.63) is 12.2 Å². The van der Waals surface area contributed by atoms with Crippen LogP contribution in [0.25, 0.3) is 0 Å². The van der Waals surface area contributed by atoms with Gasteiger partial charge in [-0.15, -0.1) is 0 Å². The fourth-order valence-corrected chi connectivity index (χ4v) is 3.14. The zero-order valence-electron chi connectivity index (χ0n) is 12.1. The second-order valence-electron chi connectivity index (χ2n) is 5.82. The van der Waals surface area contributed by atoms with Gasteiger partial charge in [-0.2, -0.15) is 0 Å². The molecule has 0 saturated carbocycles. The number of nitrogens with zero attached hydrogens (tertiary/aromatic N) is 1. The predicted molar refractivity (Wildman–Crippen MR) is 74.1 cm³/mol. The Balaban J connectivity index is 2.06. The molecule has 1 fully saturated rings. The normalized spacial score (nSPS) is 34.0. The summed E-state index contributed by atoms with van der Waals surface area (Å²) in [5.41, 5.74) is 0. The molecule has 0 aromatic carbocycles. The van der Waals surface area contributed by atoms with Gasteiger partial charge < -0.3 is 14.7 Å². The number of amides is 1. The van der Waals surface area contributed by atoms with Gasteiger partial charge in [0.05, 0.1) is 17.9 Å². The summed E-state index contributed by atoms with van der Waals surface area (Å²) >= 11 is 0. The minimum atomic E-state index is -0.874. The first-order valence-electron chi connectivity index (χ1n) is 7.24. The van der Waals surface area contributed by atoms with Crippen molar-refractivity contribution < 1.29 is 19.4 Å². The maximum absolute atomic E-state index is 12.6. The summed E-state index contributed by atoms with van der Waals surface area (Å²) in [6, 6.07) is 0. The number of hydrogen-bond acceptors (Lipinski definition) is 3. The quantitative estimate of drug-likeness (QED) is 0.797. The van der Waals surface area contributed by atoms with Crippen LogP contribution in [-0.4, -0.2) is 48.2 Å². The zero-order valence-corrected chi connectivity index (χ0v) is 12.1. The van der Waals surface area contributed by atoms with Crippen LogP contribution in [0.15, 0.2) is 12.2 Å². The molecule has 0 aromatic heterocycles. The molecular formula is C15H23NO4. The van der Waals surface area contributed by atoms with Crippen LogP contribution >= 0.6 is 0 Å². The standard InChI is InChI=1S/C15H23NO4/c1-10-7-8-16(9-13(10)20-2)14(17)11-5-3-4-6-12(11)15(18)19/h3-4,10-13H,5-9H2,1-2H3,(H,18,19)/t10?,11-,12+,13?/m1/s1. The summed E-state index contributed by atoms with van der Waals surface area (Å²) < 4.78 is 5.42. The molecule has 5 nitrogen and oxygen atoms in total. The highest BCUT2D eigenvalue weighted by Gasteiger charge is 2.38. The van der Waals surface area contributed by atoms with Crippen LogP contribution in [0.2, 0.25) is 0 Å². The zero-order chi connectivity index (χ0) is 14.7. The van der Waals surface area contributed by atoms with E-state index in [-0.39, 0.29) is 12.0 Å². The van der Waals surface area contributed by atoms with Crippen molar-refractivity contribution in [1.29, 1.82) is 0 Å². The van der Waals surface area contributed by atoms with Crippen LogP contribution in [0.1, 0.15) is 26.2 Å². The molecule has 0 aromatic rings. The number of carbonyl (C=O) groups excluding carboxylic acids is 1. The number of methoxy groups -OCH3 is 1. The molecular weight excluding hydrogens is 258 g/mol. The fourth-order valence-electron chi connectivity index (χ4n) is 3.14. The third-order valence-electron chi connectivity index (χ3n) is 4.57. The van der Waals surface area contributed by atoms with Crippen molar-refractivity contribution in [3.8, 4) is 0 Å². The predicted octanol–water partition coefficient (Wildman–Crippen LogP) is 1.54. The molecule has 5 heteroatoms. The Labute approximate surface area is 119 Å². The number of aliphatic carboxylic acids is 1. The van der Waals surface area contributed by atoms with Gasteiger partial charge in [-0.05, 0) is 25.2 Å². The van der Waals surface area contributed by atoms with Crippen molar-refractivity contribution in [2.24, 2.45) is 17.8 Å². The molecule has 1 aliphatic heterocycles. The smallest absolute Gasteiger partial charge is 0.307 e. The number of rotatable bonds is 3. The Morgan fingerprint density at radius 1 is 1.25 bits per heavy atom. The van der Waals surface area contributed by atoms with Crippen molar-refractivity contribution >= 4 is 11.9 Å². The van der Waals surface area contributed by atoms with Gasteiger partial charge in [0.15, 0.2) is 0 Å². The van der Waals surface area contributed by atoms with Crippen molar-refractivity contribution in [3.63, 3.8) is 0 Å². The number of carbonyl (C=O) groups is 2. The highest BCUT2D eigenvalue weighted by atomic mass is 16.5. The van der Waals surface area contributed by atoms with Gasteiger partial charge in [0.25, 0.3) is 0 Å². The molecule has 2 unspecified atom stereocenters. The van der Waals surface area contributed by atoms with E-state index in [0.29, 0.717) is 31.8 Å². The molecule has 1 amide bonds. The number of piperidine rings is 1. The molecule has 1 heterocycles. The number of carboxylic acid groups (broad SMARTS) is 1. The van der Waals surface area contributed by atoms with Crippen LogP contribution in [0.4, 0.5) is 0 Å². The lowest BCUT2D eigenvalue weighted by molar-refractivity contribution is -0.152. The number of carboxylic acids is 1. The molecule has 20 heavy (non-hydrogen) atoms. The van der Waals surface area contributed by atoms with Crippen LogP contribution in [0.5, 0.6) is 0 Å². The summed E-state index contributed by atoms with van der Waals surface area (Å²) in [6.07, 6.45) is 5.71. The van der Waals surface area contributed by atoms with E-state index in [1.807, 2.05) is 12.2 Å². The van der Waals surface area contributed by atoms with Gasteiger partial charge >= 0.3 is 5.97 Å². The Bertz CT molecular complexity index is 407. The largest absolute Gasteiger partial charge is 0.481 e. The third kappa shape index (κ3) is 3.03. The van der Waals surface area contributed by atoms with Crippen LogP contribution < -0.4 is 0 Å². The van der Waals surface area contributed by atoms with E-state index < -0.39 is 17.8 Å². The van der Waals surface area contributed by atoms with Crippen molar-refractivity contribution in [2.45, 2.75) is 32.3 Å². The summed E-state index contributed by atoms with van der Waals surface area (Å²) in [5.74, 6) is -1.49. The summed E-state index contributed by atoms with van der Waals surface area (Å²) in [6.45, 7) is 3.40. The molecule has 1 saturated heterocycles. The molecule has 4 atom stereocenters. The van der Waals surface area contributed by atoms with Crippen LogP contribution in [0, 0.1) is 17.8 Å². The monoisotopic (exact) mass is 281 g/mol. The molecule has 2 aliphatic rings. The van der Waals surface area contributed by atoms with E-state index >= 15 is 0 Å². The highest BCUT2D eigenvalue weighted by molar-refractivity contribution is 5.85. The Morgan fingerprint density at radius 2 is 1.90 bits per heavy atom. The Kier molecular flexibility index (Phi) is 4.81. The molecule has 0 bridgehead atoms. The third-order valence-corrected chi connectivity index (χ3v) is 4.57. The lowest BCUT2D eigenvalue weighted by Gasteiger charge is -2.39. The summed E-state index contributed by atoms with van der Waals surface area (Å²) in [5, 5.41) is 9.27. The van der Waals surface area contributed by atoms with Gasteiger partial charge in [-0.1, -0.05) is 19.1 Å². The number of allylic oxidation sites excluding steroid dienone is 2. The lowest BCUT2D eigenvalue weighted by Crippen LogP contribution is -2.50. The van der Waals surface area contributed by atoms with Crippen molar-refractivity contribution in [1.82, 2.24) is 4.90 Å². The molecule has 112 valence electrons. The minimum absolute atomic E-state index is 0.0318. The van der Waals surface area contributed by atoms with E-state index in [4.69, 9.17) is 4.74 Å². The van der Waals surface area contributed by atoms with Crippen LogP contribution in [0.3, 0.4) is 0 Å². The average Bonchev–Trinajstić information content (AvgIpc) is 2.47. The van der Waals surface area contributed by atoms with E-state index in [1.54, 1.807) is 12.0 Å².